The molecule has 3 rings (SSSR count). The van der Waals surface area contributed by atoms with E-state index in [1.807, 2.05) is 19.1 Å². The third kappa shape index (κ3) is 5.75. The third-order valence-electron chi connectivity index (χ3n) is 4.00. The normalized spacial score (nSPS) is 10.4. The summed E-state index contributed by atoms with van der Waals surface area (Å²) in [6.07, 6.45) is 3.39. The van der Waals surface area contributed by atoms with E-state index in [4.69, 9.17) is 9.47 Å². The van der Waals surface area contributed by atoms with Gasteiger partial charge < -0.3 is 14.8 Å². The molecule has 150 valence electrons. The first kappa shape index (κ1) is 20.3. The molecular formula is C22H20F2N2O3. The lowest BCUT2D eigenvalue weighted by atomic mass is 10.1. The molecule has 0 radical (unpaired) electrons. The number of pyridine rings is 1. The van der Waals surface area contributed by atoms with Crippen molar-refractivity contribution in [1.29, 1.82) is 0 Å². The zero-order valence-corrected chi connectivity index (χ0v) is 15.8. The molecule has 1 heterocycles. The van der Waals surface area contributed by atoms with Gasteiger partial charge in [0.05, 0.1) is 6.61 Å². The minimum Gasteiger partial charge on any atom is -0.490 e. The van der Waals surface area contributed by atoms with Gasteiger partial charge in [0.2, 0.25) is 0 Å². The number of hydrogen-bond acceptors (Lipinski definition) is 4. The van der Waals surface area contributed by atoms with Crippen molar-refractivity contribution in [2.24, 2.45) is 0 Å². The summed E-state index contributed by atoms with van der Waals surface area (Å²) in [6, 6.07) is 11.7. The highest BCUT2D eigenvalue weighted by atomic mass is 19.1. The number of rotatable bonds is 8. The Morgan fingerprint density at radius 2 is 1.79 bits per heavy atom. The number of nitrogens with zero attached hydrogens (tertiary/aromatic N) is 1. The predicted molar refractivity (Wildman–Crippen MR) is 104 cm³/mol. The molecule has 0 bridgehead atoms. The summed E-state index contributed by atoms with van der Waals surface area (Å²) in [6.45, 7) is 2.54. The highest BCUT2D eigenvalue weighted by Crippen LogP contribution is 2.29. The van der Waals surface area contributed by atoms with Crippen LogP contribution < -0.4 is 14.8 Å². The fraction of sp³-hybridized carbons (Fsp3) is 0.182. The maximum Gasteiger partial charge on any atom is 0.251 e. The zero-order chi connectivity index (χ0) is 20.6. The summed E-state index contributed by atoms with van der Waals surface area (Å²) in [4.78, 5) is 16.5. The zero-order valence-electron chi connectivity index (χ0n) is 15.8. The number of carbonyl (C=O) groups is 1. The number of aromatic nitrogens is 1. The Balaban J connectivity index is 1.68. The Morgan fingerprint density at radius 1 is 1.00 bits per heavy atom. The number of ether oxygens (including phenoxy) is 2. The van der Waals surface area contributed by atoms with Crippen molar-refractivity contribution in [2.75, 3.05) is 6.61 Å². The van der Waals surface area contributed by atoms with Gasteiger partial charge in [-0.2, -0.15) is 0 Å². The summed E-state index contributed by atoms with van der Waals surface area (Å²) in [7, 11) is 0. The Morgan fingerprint density at radius 3 is 2.48 bits per heavy atom. The fourth-order valence-corrected chi connectivity index (χ4v) is 2.68. The minimum atomic E-state index is -0.692. The molecule has 2 aromatic carbocycles. The van der Waals surface area contributed by atoms with Crippen LogP contribution in [-0.2, 0) is 13.2 Å². The van der Waals surface area contributed by atoms with Crippen molar-refractivity contribution in [3.05, 3.63) is 89.2 Å². The summed E-state index contributed by atoms with van der Waals surface area (Å²) in [5.74, 6) is -0.847. The largest absolute Gasteiger partial charge is 0.490 e. The second-order valence-electron chi connectivity index (χ2n) is 6.20. The van der Waals surface area contributed by atoms with E-state index >= 15 is 0 Å². The smallest absolute Gasteiger partial charge is 0.251 e. The predicted octanol–water partition coefficient (Wildman–Crippen LogP) is 4.27. The van der Waals surface area contributed by atoms with Crippen molar-refractivity contribution < 1.29 is 23.0 Å². The number of carbonyl (C=O) groups excluding carboxylic acids is 1. The fourth-order valence-electron chi connectivity index (χ4n) is 2.68. The molecule has 3 aromatic rings. The van der Waals surface area contributed by atoms with E-state index in [2.05, 4.69) is 10.3 Å². The summed E-state index contributed by atoms with van der Waals surface area (Å²) in [5.41, 5.74) is 1.58. The lowest BCUT2D eigenvalue weighted by molar-refractivity contribution is 0.0950. The van der Waals surface area contributed by atoms with Crippen LogP contribution in [0.2, 0.25) is 0 Å². The topological polar surface area (TPSA) is 60.5 Å². The van der Waals surface area contributed by atoms with E-state index < -0.39 is 17.5 Å². The van der Waals surface area contributed by atoms with Gasteiger partial charge in [0.25, 0.3) is 5.91 Å². The Kier molecular flexibility index (Phi) is 6.73. The number of hydrogen-bond donors (Lipinski definition) is 1. The molecule has 0 fully saturated rings. The van der Waals surface area contributed by atoms with Crippen molar-refractivity contribution in [2.45, 2.75) is 20.1 Å². The Hall–Kier alpha value is -3.48. The first-order valence-corrected chi connectivity index (χ1v) is 9.07. The standard InChI is InChI=1S/C22H20F2N2O3/c1-2-28-21-10-17(5-6-20(21)29-14-15-4-3-7-25-12-15)22(27)26-13-16-8-18(23)11-19(24)9-16/h3-12H,2,13-14H2,1H3,(H,26,27). The molecule has 7 heteroatoms. The third-order valence-corrected chi connectivity index (χ3v) is 4.00. The summed E-state index contributed by atoms with van der Waals surface area (Å²) in [5, 5.41) is 2.64. The van der Waals surface area contributed by atoms with Gasteiger partial charge in [0, 0.05) is 36.1 Å². The number of nitrogens with one attached hydrogen (secondary N) is 1. The van der Waals surface area contributed by atoms with Crippen molar-refractivity contribution in [3.63, 3.8) is 0 Å². The Labute approximate surface area is 167 Å². The van der Waals surface area contributed by atoms with Gasteiger partial charge in [0.1, 0.15) is 18.2 Å². The van der Waals surface area contributed by atoms with E-state index in [0.717, 1.165) is 11.6 Å². The second-order valence-corrected chi connectivity index (χ2v) is 6.20. The van der Waals surface area contributed by atoms with Gasteiger partial charge in [0.15, 0.2) is 11.5 Å². The number of benzene rings is 2. The van der Waals surface area contributed by atoms with Crippen molar-refractivity contribution in [3.8, 4) is 11.5 Å². The molecule has 0 atom stereocenters. The lowest BCUT2D eigenvalue weighted by Crippen LogP contribution is -2.23. The van der Waals surface area contributed by atoms with Gasteiger partial charge in [-0.05, 0) is 48.9 Å². The Bertz CT molecular complexity index is 961. The molecule has 0 aliphatic heterocycles. The minimum absolute atomic E-state index is 0.00323. The molecule has 1 N–H and O–H groups in total. The van der Waals surface area contributed by atoms with Crippen LogP contribution in [0.1, 0.15) is 28.4 Å². The molecular weight excluding hydrogens is 378 g/mol. The molecule has 29 heavy (non-hydrogen) atoms. The molecule has 0 aliphatic rings. The molecule has 0 spiro atoms. The van der Waals surface area contributed by atoms with Crippen LogP contribution in [-0.4, -0.2) is 17.5 Å². The maximum atomic E-state index is 13.3. The van der Waals surface area contributed by atoms with Crippen LogP contribution in [0.15, 0.2) is 60.9 Å². The van der Waals surface area contributed by atoms with Gasteiger partial charge in [-0.1, -0.05) is 6.07 Å². The van der Waals surface area contributed by atoms with Gasteiger partial charge in [-0.3, -0.25) is 9.78 Å². The van der Waals surface area contributed by atoms with Crippen LogP contribution in [0.5, 0.6) is 11.5 Å². The van der Waals surface area contributed by atoms with E-state index in [1.54, 1.807) is 30.6 Å². The first-order chi connectivity index (χ1) is 14.0. The average molecular weight is 398 g/mol. The molecule has 0 aliphatic carbocycles. The first-order valence-electron chi connectivity index (χ1n) is 9.07. The quantitative estimate of drug-likeness (QED) is 0.616. The molecule has 1 aromatic heterocycles. The average Bonchev–Trinajstić information content (AvgIpc) is 2.71. The molecule has 1 amide bonds. The molecule has 0 saturated heterocycles. The van der Waals surface area contributed by atoms with E-state index in [9.17, 15) is 13.6 Å². The molecule has 5 nitrogen and oxygen atoms in total. The highest BCUT2D eigenvalue weighted by Gasteiger charge is 2.12. The monoisotopic (exact) mass is 398 g/mol. The van der Waals surface area contributed by atoms with E-state index in [1.165, 1.54) is 12.1 Å². The SMILES string of the molecule is CCOc1cc(C(=O)NCc2cc(F)cc(F)c2)ccc1OCc1cccnc1. The van der Waals surface area contributed by atoms with Gasteiger partial charge in [-0.25, -0.2) is 8.78 Å². The van der Waals surface area contributed by atoms with Crippen molar-refractivity contribution in [1.82, 2.24) is 10.3 Å². The highest BCUT2D eigenvalue weighted by molar-refractivity contribution is 5.94. The van der Waals surface area contributed by atoms with Crippen LogP contribution in [0.4, 0.5) is 8.78 Å². The van der Waals surface area contributed by atoms with E-state index in [-0.39, 0.29) is 6.54 Å². The summed E-state index contributed by atoms with van der Waals surface area (Å²) >= 11 is 0. The number of amides is 1. The van der Waals surface area contributed by atoms with Gasteiger partial charge in [-0.15, -0.1) is 0 Å². The van der Waals surface area contributed by atoms with Crippen LogP contribution >= 0.6 is 0 Å². The second kappa shape index (κ2) is 9.64. The van der Waals surface area contributed by atoms with Gasteiger partial charge >= 0.3 is 0 Å². The van der Waals surface area contributed by atoms with Crippen LogP contribution in [0.3, 0.4) is 0 Å². The lowest BCUT2D eigenvalue weighted by Gasteiger charge is -2.13. The van der Waals surface area contributed by atoms with Crippen LogP contribution in [0, 0.1) is 11.6 Å². The molecule has 0 unspecified atom stereocenters. The van der Waals surface area contributed by atoms with E-state index in [0.29, 0.717) is 35.8 Å². The maximum absolute atomic E-state index is 13.3. The van der Waals surface area contributed by atoms with Crippen LogP contribution in [0.25, 0.3) is 0 Å². The molecule has 0 saturated carbocycles. The van der Waals surface area contributed by atoms with Crippen molar-refractivity contribution >= 4 is 5.91 Å². The summed E-state index contributed by atoms with van der Waals surface area (Å²) < 4.78 is 37.9. The number of halogens is 2.